The summed E-state index contributed by atoms with van der Waals surface area (Å²) in [6.45, 7) is 0. The molecule has 1 aromatic carbocycles. The average Bonchev–Trinajstić information content (AvgIpc) is 2.29. The zero-order valence-electron chi connectivity index (χ0n) is 9.17. The maximum atomic E-state index is 12.8. The molecule has 0 atom stereocenters. The number of halogens is 2. The predicted molar refractivity (Wildman–Crippen MR) is 54.5 cm³/mol. The van der Waals surface area contributed by atoms with Gasteiger partial charge in [0.1, 0.15) is 0 Å². The number of hydrogen-bond acceptors (Lipinski definition) is 2. The van der Waals surface area contributed by atoms with E-state index in [4.69, 9.17) is 4.84 Å². The standard InChI is InChI=1S/C11H13F2NO2/c1-14(16-2)11(15)6-4-8-3-5-9(12)10(13)7-8/h3,5,7H,4,6H2,1-2H3. The van der Waals surface area contributed by atoms with E-state index in [-0.39, 0.29) is 12.3 Å². The van der Waals surface area contributed by atoms with E-state index in [0.717, 1.165) is 17.2 Å². The molecule has 0 aliphatic carbocycles. The molecule has 88 valence electrons. The van der Waals surface area contributed by atoms with Gasteiger partial charge in [0, 0.05) is 13.5 Å². The van der Waals surface area contributed by atoms with Gasteiger partial charge >= 0.3 is 0 Å². The van der Waals surface area contributed by atoms with E-state index in [1.54, 1.807) is 0 Å². The number of nitrogens with zero attached hydrogens (tertiary/aromatic N) is 1. The highest BCUT2D eigenvalue weighted by Gasteiger charge is 2.09. The van der Waals surface area contributed by atoms with Gasteiger partial charge in [-0.25, -0.2) is 13.8 Å². The van der Waals surface area contributed by atoms with Gasteiger partial charge in [-0.15, -0.1) is 0 Å². The van der Waals surface area contributed by atoms with E-state index in [2.05, 4.69) is 0 Å². The minimum atomic E-state index is -0.898. The summed E-state index contributed by atoms with van der Waals surface area (Å²) in [5.41, 5.74) is 0.580. The molecule has 0 heterocycles. The van der Waals surface area contributed by atoms with Gasteiger partial charge in [-0.2, -0.15) is 0 Å². The Balaban J connectivity index is 2.55. The average molecular weight is 229 g/mol. The molecule has 0 radical (unpaired) electrons. The van der Waals surface area contributed by atoms with E-state index in [9.17, 15) is 13.6 Å². The van der Waals surface area contributed by atoms with Crippen molar-refractivity contribution in [1.29, 1.82) is 0 Å². The van der Waals surface area contributed by atoms with E-state index in [1.165, 1.54) is 20.2 Å². The van der Waals surface area contributed by atoms with Gasteiger partial charge in [-0.3, -0.25) is 9.63 Å². The lowest BCUT2D eigenvalue weighted by molar-refractivity contribution is -0.168. The number of aryl methyl sites for hydroxylation is 1. The molecular formula is C11H13F2NO2. The molecule has 0 saturated carbocycles. The SMILES string of the molecule is CON(C)C(=O)CCc1ccc(F)c(F)c1. The summed E-state index contributed by atoms with van der Waals surface area (Å²) < 4.78 is 25.4. The van der Waals surface area contributed by atoms with Crippen LogP contribution < -0.4 is 0 Å². The number of hydroxylamine groups is 2. The molecule has 0 aliphatic rings. The Hall–Kier alpha value is -1.49. The van der Waals surface area contributed by atoms with Crippen LogP contribution in [0.3, 0.4) is 0 Å². The first kappa shape index (κ1) is 12.6. The Labute approximate surface area is 92.6 Å². The van der Waals surface area contributed by atoms with Gasteiger partial charge in [-0.1, -0.05) is 6.07 Å². The van der Waals surface area contributed by atoms with Crippen molar-refractivity contribution in [2.24, 2.45) is 0 Å². The normalized spacial score (nSPS) is 10.2. The van der Waals surface area contributed by atoms with Crippen LogP contribution in [0.4, 0.5) is 8.78 Å². The monoisotopic (exact) mass is 229 g/mol. The molecule has 1 rings (SSSR count). The van der Waals surface area contributed by atoms with Crippen molar-refractivity contribution in [3.63, 3.8) is 0 Å². The van der Waals surface area contributed by atoms with Crippen molar-refractivity contribution in [3.8, 4) is 0 Å². The minimum Gasteiger partial charge on any atom is -0.275 e. The summed E-state index contributed by atoms with van der Waals surface area (Å²) in [7, 11) is 2.88. The topological polar surface area (TPSA) is 29.5 Å². The molecule has 0 aliphatic heterocycles. The molecule has 0 fully saturated rings. The van der Waals surface area contributed by atoms with E-state index < -0.39 is 11.6 Å². The number of hydrogen-bond donors (Lipinski definition) is 0. The zero-order chi connectivity index (χ0) is 12.1. The third kappa shape index (κ3) is 3.27. The first-order valence-corrected chi connectivity index (χ1v) is 4.79. The van der Waals surface area contributed by atoms with Crippen LogP contribution in [0.2, 0.25) is 0 Å². The minimum absolute atomic E-state index is 0.190. The lowest BCUT2D eigenvalue weighted by Crippen LogP contribution is -2.25. The van der Waals surface area contributed by atoms with Crippen LogP contribution in [0.5, 0.6) is 0 Å². The number of carbonyl (C=O) groups is 1. The predicted octanol–water partition coefficient (Wildman–Crippen LogP) is 1.92. The van der Waals surface area contributed by atoms with Gasteiger partial charge in [0.15, 0.2) is 11.6 Å². The van der Waals surface area contributed by atoms with Crippen LogP contribution in [-0.2, 0) is 16.1 Å². The summed E-state index contributed by atoms with van der Waals surface area (Å²) in [5, 5.41) is 1.10. The fraction of sp³-hybridized carbons (Fsp3) is 0.364. The Bertz CT molecular complexity index is 382. The van der Waals surface area contributed by atoms with Crippen molar-refractivity contribution in [2.75, 3.05) is 14.2 Å². The van der Waals surface area contributed by atoms with E-state index in [1.807, 2.05) is 0 Å². The van der Waals surface area contributed by atoms with Gasteiger partial charge in [0.25, 0.3) is 0 Å². The summed E-state index contributed by atoms with van der Waals surface area (Å²) in [6.07, 6.45) is 0.541. The summed E-state index contributed by atoms with van der Waals surface area (Å²) in [5.74, 6) is -2.00. The molecule has 0 N–H and O–H groups in total. The van der Waals surface area contributed by atoms with E-state index >= 15 is 0 Å². The quantitative estimate of drug-likeness (QED) is 0.738. The molecule has 0 bridgehead atoms. The second kappa shape index (κ2) is 5.55. The van der Waals surface area contributed by atoms with Crippen LogP contribution in [0, 0.1) is 11.6 Å². The Morgan fingerprint density at radius 2 is 2.06 bits per heavy atom. The molecule has 0 aromatic heterocycles. The molecule has 1 amide bonds. The number of carbonyl (C=O) groups excluding carboxylic acids is 1. The second-order valence-corrected chi connectivity index (χ2v) is 3.32. The summed E-state index contributed by atoms with van der Waals surface area (Å²) in [6, 6.07) is 3.60. The van der Waals surface area contributed by atoms with Crippen molar-refractivity contribution in [3.05, 3.63) is 35.4 Å². The Morgan fingerprint density at radius 3 is 2.62 bits per heavy atom. The first-order chi connectivity index (χ1) is 7.54. The highest BCUT2D eigenvalue weighted by atomic mass is 19.2. The Kier molecular flexibility index (Phi) is 4.37. The molecule has 0 saturated heterocycles. The van der Waals surface area contributed by atoms with Crippen molar-refractivity contribution < 1.29 is 18.4 Å². The van der Waals surface area contributed by atoms with Crippen molar-refractivity contribution >= 4 is 5.91 Å². The van der Waals surface area contributed by atoms with Gasteiger partial charge < -0.3 is 0 Å². The first-order valence-electron chi connectivity index (χ1n) is 4.79. The lowest BCUT2D eigenvalue weighted by Gasteiger charge is -2.13. The molecule has 0 unspecified atom stereocenters. The van der Waals surface area contributed by atoms with Crippen molar-refractivity contribution in [2.45, 2.75) is 12.8 Å². The Morgan fingerprint density at radius 1 is 1.38 bits per heavy atom. The highest BCUT2D eigenvalue weighted by molar-refractivity contribution is 5.75. The zero-order valence-corrected chi connectivity index (χ0v) is 9.17. The van der Waals surface area contributed by atoms with Crippen LogP contribution in [-0.4, -0.2) is 25.1 Å². The molecule has 1 aromatic rings. The highest BCUT2D eigenvalue weighted by Crippen LogP contribution is 2.10. The molecule has 16 heavy (non-hydrogen) atoms. The number of rotatable bonds is 4. The molecule has 0 spiro atoms. The molecule has 5 heteroatoms. The van der Waals surface area contributed by atoms with Gasteiger partial charge in [0.05, 0.1) is 7.11 Å². The summed E-state index contributed by atoms with van der Waals surface area (Å²) in [4.78, 5) is 16.0. The fourth-order valence-corrected chi connectivity index (χ4v) is 1.21. The van der Waals surface area contributed by atoms with E-state index in [0.29, 0.717) is 12.0 Å². The van der Waals surface area contributed by atoms with Crippen LogP contribution >= 0.6 is 0 Å². The maximum absolute atomic E-state index is 12.8. The van der Waals surface area contributed by atoms with Gasteiger partial charge in [0.2, 0.25) is 5.91 Å². The fourth-order valence-electron chi connectivity index (χ4n) is 1.21. The smallest absolute Gasteiger partial charge is 0.246 e. The maximum Gasteiger partial charge on any atom is 0.246 e. The van der Waals surface area contributed by atoms with Crippen LogP contribution in [0.25, 0.3) is 0 Å². The third-order valence-corrected chi connectivity index (χ3v) is 2.24. The van der Waals surface area contributed by atoms with Crippen LogP contribution in [0.1, 0.15) is 12.0 Å². The van der Waals surface area contributed by atoms with Crippen molar-refractivity contribution in [1.82, 2.24) is 5.06 Å². The van der Waals surface area contributed by atoms with Crippen LogP contribution in [0.15, 0.2) is 18.2 Å². The largest absolute Gasteiger partial charge is 0.275 e. The lowest BCUT2D eigenvalue weighted by atomic mass is 10.1. The number of benzene rings is 1. The third-order valence-electron chi connectivity index (χ3n) is 2.24. The molecule has 3 nitrogen and oxygen atoms in total. The van der Waals surface area contributed by atoms with Gasteiger partial charge in [-0.05, 0) is 24.1 Å². The number of amides is 1. The second-order valence-electron chi connectivity index (χ2n) is 3.32. The molecular weight excluding hydrogens is 216 g/mol. The summed E-state index contributed by atoms with van der Waals surface area (Å²) >= 11 is 0.